The molecule has 0 amide bonds. The molecule has 10 aliphatic rings. The Hall–Kier alpha value is -1.43. The molecule has 9 fully saturated rings. The maximum atomic E-state index is 13.8. The molecule has 65 heavy (non-hydrogen) atoms. The quantitative estimate of drug-likeness (QED) is 0.0918. The number of ether oxygens (including phenoxy) is 7. The Morgan fingerprint density at radius 1 is 0.677 bits per heavy atom. The third-order valence-electron chi connectivity index (χ3n) is 19.6. The molecule has 10 rings (SSSR count). The number of carbonyl (C=O) groups is 1. The van der Waals surface area contributed by atoms with Gasteiger partial charge in [0.15, 0.2) is 18.9 Å². The van der Waals surface area contributed by atoms with E-state index in [4.69, 9.17) is 33.2 Å². The number of carbonyl (C=O) groups excluding carboxylic acids is 1. The van der Waals surface area contributed by atoms with E-state index in [0.717, 1.165) is 30.4 Å². The summed E-state index contributed by atoms with van der Waals surface area (Å²) in [6, 6.07) is 0. The summed E-state index contributed by atoms with van der Waals surface area (Å²) in [4.78, 5) is 13.8. The first-order valence-electron chi connectivity index (χ1n) is 23.9. The van der Waals surface area contributed by atoms with Crippen LogP contribution in [0.15, 0.2) is 11.1 Å². The summed E-state index contributed by atoms with van der Waals surface area (Å²) in [5, 5.41) is 110. The van der Waals surface area contributed by atoms with Gasteiger partial charge < -0.3 is 84.2 Å². The number of aliphatic hydroxyl groups excluding tert-OH is 9. The SMILES string of the molecule is C[C@H]1O[C@@H](O[C@H]2[C@H](O[C@@H]3CC[C@@]4(C)[C@H](CC[C@]5(C)[C@H]4[C@H](O)CC4=C6[C@@]7(CC[C@@](C)(OC7=O)[C@]6(C)O)CC[C@@]45C)C3(C)C)OC[C@H](O)[C@H]2O[C@H]2O[C@H](CO)[C@H](O)[C@H](O)[C@H]2O)[C@@H](O)[C@@H](O)[C@@H]1O. The minimum atomic E-state index is -1.83. The van der Waals surface area contributed by atoms with Gasteiger partial charge in [-0.15, -0.1) is 0 Å². The van der Waals surface area contributed by atoms with Gasteiger partial charge in [-0.25, -0.2) is 0 Å². The zero-order valence-electron chi connectivity index (χ0n) is 38.9. The van der Waals surface area contributed by atoms with Crippen molar-refractivity contribution in [3.05, 3.63) is 11.1 Å². The zero-order chi connectivity index (χ0) is 47.4. The lowest BCUT2D eigenvalue weighted by molar-refractivity contribution is -0.388. The van der Waals surface area contributed by atoms with Gasteiger partial charge in [0, 0.05) is 0 Å². The monoisotopic (exact) mass is 926 g/mol. The summed E-state index contributed by atoms with van der Waals surface area (Å²) in [6.45, 7) is 15.2. The minimum absolute atomic E-state index is 0.0209. The van der Waals surface area contributed by atoms with Crippen molar-refractivity contribution in [1.82, 2.24) is 0 Å². The van der Waals surface area contributed by atoms with Gasteiger partial charge in [0.2, 0.25) is 0 Å². The van der Waals surface area contributed by atoms with Gasteiger partial charge in [-0.3, -0.25) is 4.79 Å². The molecule has 0 aromatic rings. The molecule has 18 heteroatoms. The largest absolute Gasteiger partial charge is 0.455 e. The van der Waals surface area contributed by atoms with Crippen LogP contribution in [-0.2, 0) is 38.0 Å². The molecular weight excluding hydrogens is 852 g/mol. The average Bonchev–Trinajstić information content (AvgIpc) is 3.23. The predicted molar refractivity (Wildman–Crippen MR) is 224 cm³/mol. The molecule has 5 aliphatic heterocycles. The summed E-state index contributed by atoms with van der Waals surface area (Å²) in [5.41, 5.74) is -3.28. The van der Waals surface area contributed by atoms with Crippen molar-refractivity contribution in [2.75, 3.05) is 13.2 Å². The van der Waals surface area contributed by atoms with Crippen molar-refractivity contribution in [1.29, 1.82) is 0 Å². The highest BCUT2D eigenvalue weighted by atomic mass is 16.8. The fourth-order valence-corrected chi connectivity index (χ4v) is 15.5. The highest BCUT2D eigenvalue weighted by Crippen LogP contribution is 2.77. The average molecular weight is 927 g/mol. The number of hydrogen-bond acceptors (Lipinski definition) is 18. The van der Waals surface area contributed by atoms with Crippen LogP contribution in [0, 0.1) is 38.9 Å². The Bertz CT molecular complexity index is 1880. The predicted octanol–water partition coefficient (Wildman–Crippen LogP) is 0.0534. The second kappa shape index (κ2) is 16.0. The van der Waals surface area contributed by atoms with E-state index in [1.54, 1.807) is 6.92 Å². The molecule has 5 heterocycles. The van der Waals surface area contributed by atoms with E-state index in [1.807, 2.05) is 6.92 Å². The summed E-state index contributed by atoms with van der Waals surface area (Å²) in [6.07, 6.45) is -17.1. The maximum Gasteiger partial charge on any atom is 0.316 e. The summed E-state index contributed by atoms with van der Waals surface area (Å²) >= 11 is 0. The standard InChI is InChI=1S/C47H74O18/c1-20-27(51)29(53)31(55)37(60-20)64-34-33(63-38-32(56)30(54)28(52)24(18-48)61-38)23(50)19-59-39(34)62-26-10-11-42(4)25(41(26,2)3)9-12-44(6)36(42)22(49)17-21-35-46(8,58)45(7)14-16-47(35,40(57)65-45)15-13-43(21,44)5/h20,22-34,36-39,48-56,58H,9-19H2,1-8H3/t20-,22-,23+,24-,25-,26-,27-,28+,29+,30+,31+,32-,33-,34-,36+,37+,38-,39+,42+,43+,44-,45-,46-,47+/m1/s1. The van der Waals surface area contributed by atoms with Crippen molar-refractivity contribution in [2.24, 2.45) is 38.9 Å². The molecule has 0 aromatic heterocycles. The third kappa shape index (κ3) is 6.74. The first-order valence-corrected chi connectivity index (χ1v) is 23.9. The lowest BCUT2D eigenvalue weighted by Crippen LogP contribution is -2.72. The molecule has 10 N–H and O–H groups in total. The molecule has 0 unspecified atom stereocenters. The molecule has 24 atom stereocenters. The second-order valence-electron chi connectivity index (χ2n) is 23.1. The molecule has 0 radical (unpaired) electrons. The fourth-order valence-electron chi connectivity index (χ4n) is 15.5. The minimum Gasteiger partial charge on any atom is -0.455 e. The van der Waals surface area contributed by atoms with E-state index in [2.05, 4.69) is 34.6 Å². The van der Waals surface area contributed by atoms with Gasteiger partial charge in [-0.05, 0) is 118 Å². The maximum absolute atomic E-state index is 13.8. The van der Waals surface area contributed by atoms with E-state index in [1.165, 1.54) is 6.92 Å². The van der Waals surface area contributed by atoms with Crippen LogP contribution in [0.25, 0.3) is 0 Å². The second-order valence-corrected chi connectivity index (χ2v) is 23.1. The number of esters is 1. The molecule has 5 saturated heterocycles. The Balaban J connectivity index is 1.01. The van der Waals surface area contributed by atoms with E-state index in [-0.39, 0.29) is 29.8 Å². The van der Waals surface area contributed by atoms with Gasteiger partial charge in [-0.2, -0.15) is 0 Å². The summed E-state index contributed by atoms with van der Waals surface area (Å²) in [7, 11) is 0. The van der Waals surface area contributed by atoms with Crippen molar-refractivity contribution in [2.45, 2.75) is 223 Å². The Labute approximate surface area is 380 Å². The van der Waals surface area contributed by atoms with E-state index >= 15 is 0 Å². The van der Waals surface area contributed by atoms with Crippen LogP contribution >= 0.6 is 0 Å². The number of aliphatic hydroxyl groups is 10. The highest BCUT2D eigenvalue weighted by molar-refractivity contribution is 5.86. The van der Waals surface area contributed by atoms with E-state index < -0.39 is 138 Å². The molecule has 370 valence electrons. The van der Waals surface area contributed by atoms with Gasteiger partial charge in [-0.1, -0.05) is 40.2 Å². The zero-order valence-corrected chi connectivity index (χ0v) is 38.9. The molecule has 5 aliphatic carbocycles. The molecule has 2 bridgehead atoms. The highest BCUT2D eigenvalue weighted by Gasteiger charge is 2.75. The van der Waals surface area contributed by atoms with Crippen molar-refractivity contribution < 1.29 is 89.0 Å². The van der Waals surface area contributed by atoms with Crippen molar-refractivity contribution in [3.63, 3.8) is 0 Å². The lowest BCUT2D eigenvalue weighted by Gasteiger charge is -2.73. The fraction of sp³-hybridized carbons (Fsp3) is 0.936. The third-order valence-corrected chi connectivity index (χ3v) is 19.6. The van der Waals surface area contributed by atoms with Crippen LogP contribution < -0.4 is 0 Å². The van der Waals surface area contributed by atoms with Crippen LogP contribution in [-0.4, -0.2) is 180 Å². The number of rotatable bonds is 7. The smallest absolute Gasteiger partial charge is 0.316 e. The lowest BCUT2D eigenvalue weighted by atomic mass is 9.33. The van der Waals surface area contributed by atoms with E-state index in [0.29, 0.717) is 38.5 Å². The number of fused-ring (bicyclic) bond motifs is 7. The van der Waals surface area contributed by atoms with Gasteiger partial charge >= 0.3 is 5.97 Å². The molecule has 0 aromatic carbocycles. The number of hydrogen-bond donors (Lipinski definition) is 10. The molecule has 1 spiro atoms. The van der Waals surface area contributed by atoms with Crippen LogP contribution in [0.4, 0.5) is 0 Å². The normalized spacial score (nSPS) is 57.4. The topological polar surface area (TPSA) is 284 Å². The van der Waals surface area contributed by atoms with Crippen LogP contribution in [0.3, 0.4) is 0 Å². The van der Waals surface area contributed by atoms with Gasteiger partial charge in [0.1, 0.15) is 72.2 Å². The van der Waals surface area contributed by atoms with Crippen LogP contribution in [0.5, 0.6) is 0 Å². The summed E-state index contributed by atoms with van der Waals surface area (Å²) in [5.74, 6) is -0.385. The first kappa shape index (κ1) is 48.6. The van der Waals surface area contributed by atoms with Crippen LogP contribution in [0.2, 0.25) is 0 Å². The Morgan fingerprint density at radius 2 is 1.31 bits per heavy atom. The Morgan fingerprint density at radius 3 is 1.97 bits per heavy atom. The van der Waals surface area contributed by atoms with Gasteiger partial charge in [0.25, 0.3) is 0 Å². The molecule has 4 saturated carbocycles. The van der Waals surface area contributed by atoms with Gasteiger partial charge in [0.05, 0.1) is 36.9 Å². The van der Waals surface area contributed by atoms with Crippen LogP contribution in [0.1, 0.15) is 113 Å². The van der Waals surface area contributed by atoms with Crippen molar-refractivity contribution in [3.8, 4) is 0 Å². The molecule has 18 nitrogen and oxygen atoms in total. The molecular formula is C47H74O18. The summed E-state index contributed by atoms with van der Waals surface area (Å²) < 4.78 is 43.0. The first-order chi connectivity index (χ1) is 30.2. The Kier molecular flexibility index (Phi) is 12.0. The van der Waals surface area contributed by atoms with Crippen molar-refractivity contribution >= 4 is 5.97 Å². The van der Waals surface area contributed by atoms with E-state index in [9.17, 15) is 55.9 Å².